The van der Waals surface area contributed by atoms with Gasteiger partial charge in [0.2, 0.25) is 0 Å². The number of ether oxygens (including phenoxy) is 1. The molecule has 114 valence electrons. The molecule has 4 heteroatoms. The summed E-state index contributed by atoms with van der Waals surface area (Å²) in [5.41, 5.74) is 0.856. The smallest absolute Gasteiger partial charge is 0.124 e. The Hall–Kier alpha value is -0.640. The molecule has 0 bridgehead atoms. The standard InChI is InChI=1S/C16H25ClFNO/c1-5-19-14(8-9-16(2,3)20-4)10-12-6-7-13(18)11-15(12)17/h6-7,11,14,19H,5,8-10H2,1-4H3. The van der Waals surface area contributed by atoms with Crippen molar-refractivity contribution in [2.45, 2.75) is 51.7 Å². The molecule has 2 nitrogen and oxygen atoms in total. The number of benzene rings is 1. The predicted octanol–water partition coefficient (Wildman–Crippen LogP) is 4.20. The highest BCUT2D eigenvalue weighted by atomic mass is 35.5. The molecule has 1 N–H and O–H groups in total. The maximum absolute atomic E-state index is 13.1. The molecule has 0 aliphatic carbocycles. The van der Waals surface area contributed by atoms with Gasteiger partial charge in [-0.2, -0.15) is 0 Å². The minimum Gasteiger partial charge on any atom is -0.379 e. The van der Waals surface area contributed by atoms with E-state index in [0.717, 1.165) is 31.4 Å². The van der Waals surface area contributed by atoms with E-state index in [1.807, 2.05) is 0 Å². The number of hydrogen-bond acceptors (Lipinski definition) is 2. The molecule has 0 aliphatic heterocycles. The van der Waals surface area contributed by atoms with Crippen molar-refractivity contribution in [3.8, 4) is 0 Å². The first-order valence-electron chi connectivity index (χ1n) is 7.10. The van der Waals surface area contributed by atoms with Crippen molar-refractivity contribution >= 4 is 11.6 Å². The van der Waals surface area contributed by atoms with E-state index in [-0.39, 0.29) is 11.4 Å². The van der Waals surface area contributed by atoms with Crippen molar-refractivity contribution in [1.29, 1.82) is 0 Å². The fourth-order valence-corrected chi connectivity index (χ4v) is 2.39. The van der Waals surface area contributed by atoms with Gasteiger partial charge in [0.15, 0.2) is 0 Å². The highest BCUT2D eigenvalue weighted by Crippen LogP contribution is 2.22. The number of methoxy groups -OCH3 is 1. The topological polar surface area (TPSA) is 21.3 Å². The van der Waals surface area contributed by atoms with Gasteiger partial charge in [-0.15, -0.1) is 0 Å². The lowest BCUT2D eigenvalue weighted by Gasteiger charge is -2.26. The molecule has 0 spiro atoms. The van der Waals surface area contributed by atoms with Gasteiger partial charge in [-0.25, -0.2) is 4.39 Å². The Balaban J connectivity index is 2.66. The molecule has 1 unspecified atom stereocenters. The fourth-order valence-electron chi connectivity index (χ4n) is 2.14. The molecule has 1 aromatic carbocycles. The molecule has 1 rings (SSSR count). The van der Waals surface area contributed by atoms with Crippen LogP contribution in [-0.2, 0) is 11.2 Å². The number of rotatable bonds is 8. The van der Waals surface area contributed by atoms with Gasteiger partial charge in [0.25, 0.3) is 0 Å². The second-order valence-corrected chi connectivity index (χ2v) is 6.10. The fraction of sp³-hybridized carbons (Fsp3) is 0.625. The Morgan fingerprint density at radius 1 is 1.40 bits per heavy atom. The Labute approximate surface area is 126 Å². The van der Waals surface area contributed by atoms with Crippen molar-refractivity contribution in [2.75, 3.05) is 13.7 Å². The van der Waals surface area contributed by atoms with Crippen LogP contribution in [-0.4, -0.2) is 25.3 Å². The Morgan fingerprint density at radius 2 is 2.10 bits per heavy atom. The third kappa shape index (κ3) is 5.78. The zero-order valence-electron chi connectivity index (χ0n) is 12.8. The van der Waals surface area contributed by atoms with Crippen LogP contribution >= 0.6 is 11.6 Å². The summed E-state index contributed by atoms with van der Waals surface area (Å²) in [6.07, 6.45) is 2.75. The lowest BCUT2D eigenvalue weighted by Crippen LogP contribution is -2.34. The lowest BCUT2D eigenvalue weighted by atomic mass is 9.95. The number of likely N-dealkylation sites (N-methyl/N-ethyl adjacent to an activating group) is 1. The van der Waals surface area contributed by atoms with E-state index in [1.165, 1.54) is 12.1 Å². The highest BCUT2D eigenvalue weighted by molar-refractivity contribution is 6.31. The van der Waals surface area contributed by atoms with Gasteiger partial charge in [-0.1, -0.05) is 24.6 Å². The van der Waals surface area contributed by atoms with E-state index < -0.39 is 0 Å². The minimum atomic E-state index is -0.292. The Morgan fingerprint density at radius 3 is 2.65 bits per heavy atom. The van der Waals surface area contributed by atoms with E-state index >= 15 is 0 Å². The number of halogens is 2. The minimum absolute atomic E-state index is 0.125. The molecule has 1 aromatic rings. The molecule has 0 amide bonds. The van der Waals surface area contributed by atoms with Gasteiger partial charge in [-0.3, -0.25) is 0 Å². The second kappa shape index (κ2) is 7.96. The maximum atomic E-state index is 13.1. The predicted molar refractivity (Wildman–Crippen MR) is 82.9 cm³/mol. The third-order valence-electron chi connectivity index (χ3n) is 3.62. The van der Waals surface area contributed by atoms with E-state index in [4.69, 9.17) is 16.3 Å². The van der Waals surface area contributed by atoms with Crippen molar-refractivity contribution < 1.29 is 9.13 Å². The van der Waals surface area contributed by atoms with Crippen LogP contribution in [0.1, 0.15) is 39.2 Å². The lowest BCUT2D eigenvalue weighted by molar-refractivity contribution is 0.0117. The SMILES string of the molecule is CCNC(CCC(C)(C)OC)Cc1ccc(F)cc1Cl. The van der Waals surface area contributed by atoms with Crippen molar-refractivity contribution in [1.82, 2.24) is 5.32 Å². The van der Waals surface area contributed by atoms with Crippen LogP contribution in [0.4, 0.5) is 4.39 Å². The first-order valence-corrected chi connectivity index (χ1v) is 7.48. The van der Waals surface area contributed by atoms with E-state index in [1.54, 1.807) is 13.2 Å². The van der Waals surface area contributed by atoms with Crippen LogP contribution in [0, 0.1) is 5.82 Å². The van der Waals surface area contributed by atoms with Crippen LogP contribution in [0.25, 0.3) is 0 Å². The summed E-state index contributed by atoms with van der Waals surface area (Å²) in [5.74, 6) is -0.292. The Bertz CT molecular complexity index is 423. The molecule has 0 fully saturated rings. The summed E-state index contributed by atoms with van der Waals surface area (Å²) in [6.45, 7) is 7.15. The van der Waals surface area contributed by atoms with E-state index in [2.05, 4.69) is 26.1 Å². The van der Waals surface area contributed by atoms with Crippen LogP contribution in [0.15, 0.2) is 18.2 Å². The van der Waals surface area contributed by atoms with Crippen molar-refractivity contribution in [3.63, 3.8) is 0 Å². The van der Waals surface area contributed by atoms with Crippen molar-refractivity contribution in [2.24, 2.45) is 0 Å². The van der Waals surface area contributed by atoms with Gasteiger partial charge in [0.1, 0.15) is 5.82 Å². The number of hydrogen-bond donors (Lipinski definition) is 1. The summed E-state index contributed by atoms with van der Waals surface area (Å²) >= 11 is 6.10. The third-order valence-corrected chi connectivity index (χ3v) is 3.97. The monoisotopic (exact) mass is 301 g/mol. The van der Waals surface area contributed by atoms with E-state index in [0.29, 0.717) is 11.1 Å². The quantitative estimate of drug-likeness (QED) is 0.777. The molecular weight excluding hydrogens is 277 g/mol. The zero-order valence-corrected chi connectivity index (χ0v) is 13.6. The largest absolute Gasteiger partial charge is 0.379 e. The summed E-state index contributed by atoms with van der Waals surface area (Å²) < 4.78 is 18.5. The molecule has 1 atom stereocenters. The molecule has 0 saturated heterocycles. The van der Waals surface area contributed by atoms with Gasteiger partial charge in [0, 0.05) is 18.2 Å². The molecule has 0 heterocycles. The Kier molecular flexibility index (Phi) is 6.93. The molecule has 20 heavy (non-hydrogen) atoms. The molecule has 0 aromatic heterocycles. The molecule has 0 saturated carbocycles. The van der Waals surface area contributed by atoms with Gasteiger partial charge in [0.05, 0.1) is 5.60 Å². The average molecular weight is 302 g/mol. The van der Waals surface area contributed by atoms with Gasteiger partial charge in [-0.05, 0) is 57.4 Å². The summed E-state index contributed by atoms with van der Waals surface area (Å²) in [5, 5.41) is 3.96. The van der Waals surface area contributed by atoms with Crippen LogP contribution in [0.3, 0.4) is 0 Å². The molecular formula is C16H25ClFNO. The normalized spacial score (nSPS) is 13.5. The highest BCUT2D eigenvalue weighted by Gasteiger charge is 2.19. The van der Waals surface area contributed by atoms with Crippen LogP contribution in [0.5, 0.6) is 0 Å². The summed E-state index contributed by atoms with van der Waals surface area (Å²) in [7, 11) is 1.74. The number of nitrogens with one attached hydrogen (secondary N) is 1. The average Bonchev–Trinajstić information content (AvgIpc) is 2.39. The first-order chi connectivity index (χ1) is 9.38. The summed E-state index contributed by atoms with van der Waals surface area (Å²) in [6, 6.07) is 4.92. The van der Waals surface area contributed by atoms with Gasteiger partial charge < -0.3 is 10.1 Å². The second-order valence-electron chi connectivity index (χ2n) is 5.70. The van der Waals surface area contributed by atoms with Crippen LogP contribution < -0.4 is 5.32 Å². The maximum Gasteiger partial charge on any atom is 0.124 e. The zero-order chi connectivity index (χ0) is 15.2. The van der Waals surface area contributed by atoms with Gasteiger partial charge >= 0.3 is 0 Å². The van der Waals surface area contributed by atoms with E-state index in [9.17, 15) is 4.39 Å². The molecule has 0 aliphatic rings. The van der Waals surface area contributed by atoms with Crippen LogP contribution in [0.2, 0.25) is 5.02 Å². The van der Waals surface area contributed by atoms with Crippen molar-refractivity contribution in [3.05, 3.63) is 34.6 Å². The first kappa shape index (κ1) is 17.4. The summed E-state index contributed by atoms with van der Waals surface area (Å²) in [4.78, 5) is 0. The molecule has 0 radical (unpaired) electrons.